The highest BCUT2D eigenvalue weighted by Gasteiger charge is 2.55. The predicted octanol–water partition coefficient (Wildman–Crippen LogP) is 1.72. The molecular formula is C14H22BrNO6. The van der Waals surface area contributed by atoms with Crippen LogP contribution in [0.25, 0.3) is 0 Å². The van der Waals surface area contributed by atoms with Gasteiger partial charge in [0.25, 0.3) is 0 Å². The number of likely N-dealkylation sites (tertiary alicyclic amines) is 1. The fraction of sp³-hybridized carbons (Fsp3) is 0.786. The molecule has 1 rings (SSSR count). The zero-order chi connectivity index (χ0) is 17.1. The number of ether oxygens (including phenoxy) is 3. The maximum atomic E-state index is 12.1. The maximum absolute atomic E-state index is 12.1. The van der Waals surface area contributed by atoms with Gasteiger partial charge in [0, 0.05) is 19.0 Å². The first-order valence-electron chi connectivity index (χ1n) is 6.90. The largest absolute Gasteiger partial charge is 0.468 e. The highest BCUT2D eigenvalue weighted by atomic mass is 79.9. The van der Waals surface area contributed by atoms with Crippen molar-refractivity contribution in [1.82, 2.24) is 4.90 Å². The van der Waals surface area contributed by atoms with Crippen LogP contribution >= 0.6 is 15.9 Å². The Morgan fingerprint density at radius 3 is 2.00 bits per heavy atom. The highest BCUT2D eigenvalue weighted by molar-refractivity contribution is 9.10. The number of carbonyl (C=O) groups excluding carboxylic acids is 3. The van der Waals surface area contributed by atoms with Gasteiger partial charge in [0.15, 0.2) is 0 Å². The van der Waals surface area contributed by atoms with Crippen LogP contribution in [0.2, 0.25) is 0 Å². The Morgan fingerprint density at radius 2 is 1.59 bits per heavy atom. The molecule has 1 heterocycles. The highest BCUT2D eigenvalue weighted by Crippen LogP contribution is 2.37. The number of carbonyl (C=O) groups is 3. The van der Waals surface area contributed by atoms with E-state index in [0.29, 0.717) is 13.0 Å². The van der Waals surface area contributed by atoms with Crippen molar-refractivity contribution >= 4 is 34.0 Å². The summed E-state index contributed by atoms with van der Waals surface area (Å²) in [5, 5.41) is 0. The summed E-state index contributed by atoms with van der Waals surface area (Å²) in [6.45, 7) is 5.91. The van der Waals surface area contributed by atoms with Crippen LogP contribution in [0.1, 0.15) is 27.2 Å². The molecule has 126 valence electrons. The van der Waals surface area contributed by atoms with E-state index in [0.717, 1.165) is 0 Å². The van der Waals surface area contributed by atoms with Crippen LogP contribution in [0.4, 0.5) is 4.79 Å². The molecule has 0 bridgehead atoms. The van der Waals surface area contributed by atoms with Crippen LogP contribution in [-0.4, -0.2) is 60.2 Å². The van der Waals surface area contributed by atoms with Crippen LogP contribution in [-0.2, 0) is 23.8 Å². The molecule has 0 N–H and O–H groups in total. The Balaban J connectivity index is 2.88. The molecule has 1 atom stereocenters. The first-order chi connectivity index (χ1) is 10.1. The van der Waals surface area contributed by atoms with Crippen molar-refractivity contribution in [2.24, 2.45) is 5.92 Å². The Bertz CT molecular complexity index is 443. The van der Waals surface area contributed by atoms with Gasteiger partial charge in [-0.05, 0) is 27.2 Å². The standard InChI is InChI=1S/C14H22BrNO6/c1-13(2,3)22-12(19)16-7-6-9(8-16)14(15,10(17)20-4)11(18)21-5/h9H,6-8H2,1-5H3/t9-/m1/s1. The first kappa shape index (κ1) is 18.7. The molecule has 0 spiro atoms. The van der Waals surface area contributed by atoms with Gasteiger partial charge in [-0.15, -0.1) is 0 Å². The van der Waals surface area contributed by atoms with Gasteiger partial charge in [-0.25, -0.2) is 14.4 Å². The Morgan fingerprint density at radius 1 is 1.09 bits per heavy atom. The zero-order valence-electron chi connectivity index (χ0n) is 13.5. The summed E-state index contributed by atoms with van der Waals surface area (Å²) < 4.78 is 13.1. The summed E-state index contributed by atoms with van der Waals surface area (Å²) in [7, 11) is 2.39. The smallest absolute Gasteiger partial charge is 0.410 e. The van der Waals surface area contributed by atoms with Crippen LogP contribution < -0.4 is 0 Å². The van der Waals surface area contributed by atoms with Gasteiger partial charge < -0.3 is 19.1 Å². The third-order valence-electron chi connectivity index (χ3n) is 3.37. The molecule has 8 heteroatoms. The third-order valence-corrected chi connectivity index (χ3v) is 4.66. The van der Waals surface area contributed by atoms with Crippen molar-refractivity contribution in [2.45, 2.75) is 37.1 Å². The van der Waals surface area contributed by atoms with Crippen molar-refractivity contribution in [3.63, 3.8) is 0 Å². The molecule has 1 saturated heterocycles. The molecular weight excluding hydrogens is 358 g/mol. The molecule has 22 heavy (non-hydrogen) atoms. The number of halogens is 1. The van der Waals surface area contributed by atoms with E-state index in [9.17, 15) is 14.4 Å². The average Bonchev–Trinajstić information content (AvgIpc) is 2.93. The summed E-state index contributed by atoms with van der Waals surface area (Å²) in [5.74, 6) is -1.94. The Labute approximate surface area is 138 Å². The van der Waals surface area contributed by atoms with Crippen molar-refractivity contribution in [3.05, 3.63) is 0 Å². The van der Waals surface area contributed by atoms with Gasteiger partial charge in [0.2, 0.25) is 4.32 Å². The van der Waals surface area contributed by atoms with Gasteiger partial charge in [-0.2, -0.15) is 0 Å². The molecule has 0 aliphatic carbocycles. The van der Waals surface area contributed by atoms with Crippen LogP contribution in [0.5, 0.6) is 0 Å². The number of hydrogen-bond donors (Lipinski definition) is 0. The van der Waals surface area contributed by atoms with E-state index in [2.05, 4.69) is 15.9 Å². The molecule has 0 saturated carbocycles. The summed E-state index contributed by atoms with van der Waals surface area (Å²) in [6.07, 6.45) is -0.0195. The number of methoxy groups -OCH3 is 2. The minimum Gasteiger partial charge on any atom is -0.468 e. The lowest BCUT2D eigenvalue weighted by Crippen LogP contribution is -2.50. The molecule has 1 aliphatic rings. The van der Waals surface area contributed by atoms with Crippen LogP contribution in [0.3, 0.4) is 0 Å². The molecule has 0 radical (unpaired) electrons. The molecule has 0 aromatic carbocycles. The number of alkyl halides is 1. The fourth-order valence-electron chi connectivity index (χ4n) is 2.29. The van der Waals surface area contributed by atoms with Gasteiger partial charge in [-0.1, -0.05) is 15.9 Å². The number of rotatable bonds is 3. The lowest BCUT2D eigenvalue weighted by atomic mass is 9.91. The van der Waals surface area contributed by atoms with Crippen LogP contribution in [0.15, 0.2) is 0 Å². The predicted molar refractivity (Wildman–Crippen MR) is 81.6 cm³/mol. The Hall–Kier alpha value is -1.31. The second-order valence-electron chi connectivity index (χ2n) is 6.11. The lowest BCUT2D eigenvalue weighted by molar-refractivity contribution is -0.157. The molecule has 0 aromatic heterocycles. The SMILES string of the molecule is COC(=O)C(Br)(C(=O)OC)[C@@H]1CCN(C(=O)OC(C)(C)C)C1. The average molecular weight is 380 g/mol. The number of nitrogens with zero attached hydrogens (tertiary/aromatic N) is 1. The monoisotopic (exact) mass is 379 g/mol. The summed E-state index contributed by atoms with van der Waals surface area (Å²) in [4.78, 5) is 37.6. The summed E-state index contributed by atoms with van der Waals surface area (Å²) in [5.41, 5.74) is -0.606. The second kappa shape index (κ2) is 6.85. The third kappa shape index (κ3) is 3.91. The van der Waals surface area contributed by atoms with E-state index < -0.39 is 33.9 Å². The topological polar surface area (TPSA) is 82.1 Å². The van der Waals surface area contributed by atoms with Crippen LogP contribution in [0, 0.1) is 5.92 Å². The number of esters is 2. The van der Waals surface area contributed by atoms with E-state index in [1.807, 2.05) is 0 Å². The molecule has 0 unspecified atom stereocenters. The van der Waals surface area contributed by atoms with Crippen molar-refractivity contribution in [3.8, 4) is 0 Å². The van der Waals surface area contributed by atoms with E-state index in [4.69, 9.17) is 14.2 Å². The molecule has 1 amide bonds. The Kier molecular flexibility index (Phi) is 5.83. The van der Waals surface area contributed by atoms with E-state index in [-0.39, 0.29) is 6.54 Å². The van der Waals surface area contributed by atoms with Gasteiger partial charge >= 0.3 is 18.0 Å². The molecule has 7 nitrogen and oxygen atoms in total. The second-order valence-corrected chi connectivity index (χ2v) is 7.36. The zero-order valence-corrected chi connectivity index (χ0v) is 15.1. The van der Waals surface area contributed by atoms with Gasteiger partial charge in [0.05, 0.1) is 14.2 Å². The normalized spacial score (nSPS) is 18.8. The van der Waals surface area contributed by atoms with E-state index in [1.165, 1.54) is 19.1 Å². The first-order valence-corrected chi connectivity index (χ1v) is 7.69. The van der Waals surface area contributed by atoms with E-state index >= 15 is 0 Å². The minimum absolute atomic E-state index is 0.199. The summed E-state index contributed by atoms with van der Waals surface area (Å²) in [6, 6.07) is 0. The minimum atomic E-state index is -1.62. The summed E-state index contributed by atoms with van der Waals surface area (Å²) >= 11 is 3.17. The van der Waals surface area contributed by atoms with Crippen molar-refractivity contribution in [1.29, 1.82) is 0 Å². The number of amides is 1. The molecule has 1 aliphatic heterocycles. The molecule has 0 aromatic rings. The maximum Gasteiger partial charge on any atom is 0.410 e. The van der Waals surface area contributed by atoms with Gasteiger partial charge in [0.1, 0.15) is 5.60 Å². The lowest BCUT2D eigenvalue weighted by Gasteiger charge is -2.28. The van der Waals surface area contributed by atoms with E-state index in [1.54, 1.807) is 20.8 Å². The van der Waals surface area contributed by atoms with Gasteiger partial charge in [-0.3, -0.25) is 0 Å². The quantitative estimate of drug-likeness (QED) is 0.321. The fourth-order valence-corrected chi connectivity index (χ4v) is 2.99. The number of hydrogen-bond acceptors (Lipinski definition) is 6. The van der Waals surface area contributed by atoms with Crippen molar-refractivity contribution in [2.75, 3.05) is 27.3 Å². The molecule has 1 fully saturated rings. The van der Waals surface area contributed by atoms with Crippen molar-refractivity contribution < 1.29 is 28.6 Å².